The maximum atomic E-state index is 12.7. The molecule has 1 aromatic carbocycles. The summed E-state index contributed by atoms with van der Waals surface area (Å²) in [7, 11) is 0. The Balaban J connectivity index is 2.43. The van der Waals surface area contributed by atoms with Gasteiger partial charge in [-0.1, -0.05) is 35.3 Å². The Morgan fingerprint density at radius 3 is 2.57 bits per heavy atom. The van der Waals surface area contributed by atoms with Gasteiger partial charge in [0.2, 0.25) is 0 Å². The minimum Gasteiger partial charge on any atom is -0.308 e. The molecule has 1 heterocycles. The number of benzene rings is 1. The van der Waals surface area contributed by atoms with Crippen LogP contribution in [-0.4, -0.2) is 17.4 Å². The average molecular weight is 323 g/mol. The number of carbonyl (C=O) groups excluding carboxylic acids is 1. The van der Waals surface area contributed by atoms with E-state index >= 15 is 0 Å². The lowest BCUT2D eigenvalue weighted by atomic mass is 10.1. The van der Waals surface area contributed by atoms with Crippen molar-refractivity contribution in [3.8, 4) is 0 Å². The van der Waals surface area contributed by atoms with E-state index in [9.17, 15) is 4.79 Å². The number of amides is 1. The average Bonchev–Trinajstić information content (AvgIpc) is 2.46. The second-order valence-electron chi connectivity index (χ2n) is 4.84. The predicted molar refractivity (Wildman–Crippen MR) is 87.5 cm³/mol. The molecule has 0 fully saturated rings. The monoisotopic (exact) mass is 322 g/mol. The summed E-state index contributed by atoms with van der Waals surface area (Å²) in [5, 5.41) is 0.475. The van der Waals surface area contributed by atoms with Gasteiger partial charge in [-0.05, 0) is 44.0 Å². The summed E-state index contributed by atoms with van der Waals surface area (Å²) in [5.74, 6) is -0.141. The van der Waals surface area contributed by atoms with Crippen LogP contribution in [0.2, 0.25) is 10.2 Å². The normalized spacial score (nSPS) is 10.5. The van der Waals surface area contributed by atoms with Crippen molar-refractivity contribution in [1.82, 2.24) is 4.98 Å². The van der Waals surface area contributed by atoms with E-state index in [0.717, 1.165) is 16.8 Å². The van der Waals surface area contributed by atoms with E-state index in [1.54, 1.807) is 11.0 Å². The predicted octanol–water partition coefficient (Wildman–Crippen LogP) is 4.67. The first-order valence-corrected chi connectivity index (χ1v) is 7.39. The highest BCUT2D eigenvalue weighted by Gasteiger charge is 2.19. The topological polar surface area (TPSA) is 33.2 Å². The van der Waals surface area contributed by atoms with Crippen LogP contribution in [0, 0.1) is 13.8 Å². The van der Waals surface area contributed by atoms with Gasteiger partial charge in [0, 0.05) is 18.4 Å². The number of aryl methyl sites for hydroxylation is 2. The molecule has 0 aliphatic heterocycles. The van der Waals surface area contributed by atoms with E-state index in [1.165, 1.54) is 6.20 Å². The van der Waals surface area contributed by atoms with Crippen LogP contribution in [0.5, 0.6) is 0 Å². The van der Waals surface area contributed by atoms with Crippen molar-refractivity contribution in [1.29, 1.82) is 0 Å². The van der Waals surface area contributed by atoms with Crippen molar-refractivity contribution in [2.75, 3.05) is 11.4 Å². The summed E-state index contributed by atoms with van der Waals surface area (Å²) in [6.45, 7) is 6.48. The van der Waals surface area contributed by atoms with E-state index in [2.05, 4.69) is 4.98 Å². The number of halogens is 2. The number of hydrogen-bond donors (Lipinski definition) is 0. The van der Waals surface area contributed by atoms with Crippen LogP contribution in [-0.2, 0) is 0 Å². The molecule has 0 bridgehead atoms. The number of pyridine rings is 1. The third-order valence-corrected chi connectivity index (χ3v) is 3.95. The molecule has 0 N–H and O–H groups in total. The fourth-order valence-electron chi connectivity index (χ4n) is 2.13. The van der Waals surface area contributed by atoms with Crippen LogP contribution < -0.4 is 4.90 Å². The fourth-order valence-corrected chi connectivity index (χ4v) is 2.40. The Morgan fingerprint density at radius 2 is 1.95 bits per heavy atom. The Kier molecular flexibility index (Phi) is 4.86. The molecular formula is C16H16Cl2N2O. The van der Waals surface area contributed by atoms with Crippen molar-refractivity contribution in [2.45, 2.75) is 20.8 Å². The van der Waals surface area contributed by atoms with Crippen LogP contribution in [0.4, 0.5) is 5.69 Å². The number of anilines is 1. The number of nitrogens with zero attached hydrogens (tertiary/aromatic N) is 2. The van der Waals surface area contributed by atoms with Gasteiger partial charge in [0.15, 0.2) is 0 Å². The molecule has 110 valence electrons. The van der Waals surface area contributed by atoms with E-state index in [-0.39, 0.29) is 16.1 Å². The molecule has 0 atom stereocenters. The Labute approximate surface area is 134 Å². The Bertz CT molecular complexity index is 686. The summed E-state index contributed by atoms with van der Waals surface area (Å²) >= 11 is 11.7. The van der Waals surface area contributed by atoms with Gasteiger partial charge < -0.3 is 4.90 Å². The first-order valence-electron chi connectivity index (χ1n) is 6.64. The highest BCUT2D eigenvalue weighted by Crippen LogP contribution is 2.25. The lowest BCUT2D eigenvalue weighted by Gasteiger charge is -2.23. The summed E-state index contributed by atoms with van der Waals surface area (Å²) in [4.78, 5) is 18.3. The van der Waals surface area contributed by atoms with Crippen molar-refractivity contribution in [3.05, 3.63) is 57.3 Å². The highest BCUT2D eigenvalue weighted by atomic mass is 35.5. The zero-order valence-corrected chi connectivity index (χ0v) is 13.7. The van der Waals surface area contributed by atoms with Crippen LogP contribution in [0.15, 0.2) is 30.5 Å². The quantitative estimate of drug-likeness (QED) is 0.769. The molecule has 1 aromatic heterocycles. The van der Waals surface area contributed by atoms with Crippen molar-refractivity contribution in [2.24, 2.45) is 0 Å². The molecule has 5 heteroatoms. The van der Waals surface area contributed by atoms with Crippen molar-refractivity contribution < 1.29 is 4.79 Å². The molecule has 0 saturated heterocycles. The third kappa shape index (κ3) is 3.36. The van der Waals surface area contributed by atoms with Crippen LogP contribution in [0.25, 0.3) is 0 Å². The summed E-state index contributed by atoms with van der Waals surface area (Å²) in [6, 6.07) is 7.58. The van der Waals surface area contributed by atoms with Crippen molar-refractivity contribution in [3.63, 3.8) is 0 Å². The maximum absolute atomic E-state index is 12.7. The smallest absolute Gasteiger partial charge is 0.259 e. The van der Waals surface area contributed by atoms with Gasteiger partial charge in [0.25, 0.3) is 5.91 Å². The molecule has 0 aliphatic rings. The van der Waals surface area contributed by atoms with Gasteiger partial charge in [-0.2, -0.15) is 0 Å². The second-order valence-corrected chi connectivity index (χ2v) is 5.60. The minimum absolute atomic E-state index is 0.141. The number of rotatable bonds is 3. The van der Waals surface area contributed by atoms with Crippen LogP contribution in [0.3, 0.4) is 0 Å². The van der Waals surface area contributed by atoms with Gasteiger partial charge in [-0.15, -0.1) is 0 Å². The number of carbonyl (C=O) groups is 1. The van der Waals surface area contributed by atoms with Gasteiger partial charge >= 0.3 is 0 Å². The maximum Gasteiger partial charge on any atom is 0.259 e. The molecule has 0 spiro atoms. The standard InChI is InChI=1S/C16H16Cl2N2O/c1-4-20(14-7-10(2)5-6-11(14)3)16(21)12-8-13(17)15(18)19-9-12/h5-9H,4H2,1-3H3. The van der Waals surface area contributed by atoms with E-state index < -0.39 is 0 Å². The summed E-state index contributed by atoms with van der Waals surface area (Å²) < 4.78 is 0. The Morgan fingerprint density at radius 1 is 1.24 bits per heavy atom. The SMILES string of the molecule is CCN(C(=O)c1cnc(Cl)c(Cl)c1)c1cc(C)ccc1C. The molecule has 0 aliphatic carbocycles. The van der Waals surface area contributed by atoms with Crippen molar-refractivity contribution >= 4 is 34.8 Å². The van der Waals surface area contributed by atoms with E-state index in [4.69, 9.17) is 23.2 Å². The van der Waals surface area contributed by atoms with E-state index in [1.807, 2.05) is 39.0 Å². The number of hydrogen-bond acceptors (Lipinski definition) is 2. The van der Waals surface area contributed by atoms with Gasteiger partial charge in [0.05, 0.1) is 10.6 Å². The van der Waals surface area contributed by atoms with Gasteiger partial charge in [-0.3, -0.25) is 4.79 Å². The van der Waals surface area contributed by atoms with Gasteiger partial charge in [0.1, 0.15) is 5.15 Å². The second kappa shape index (κ2) is 6.46. The lowest BCUT2D eigenvalue weighted by molar-refractivity contribution is 0.0988. The third-order valence-electron chi connectivity index (χ3n) is 3.26. The molecule has 0 saturated carbocycles. The fraction of sp³-hybridized carbons (Fsp3) is 0.250. The highest BCUT2D eigenvalue weighted by molar-refractivity contribution is 6.41. The van der Waals surface area contributed by atoms with Gasteiger partial charge in [-0.25, -0.2) is 4.98 Å². The van der Waals surface area contributed by atoms with Crippen LogP contribution >= 0.6 is 23.2 Å². The zero-order valence-electron chi connectivity index (χ0n) is 12.2. The lowest BCUT2D eigenvalue weighted by Crippen LogP contribution is -2.31. The molecule has 2 aromatic rings. The molecule has 0 unspecified atom stereocenters. The molecule has 2 rings (SSSR count). The summed E-state index contributed by atoms with van der Waals surface area (Å²) in [6.07, 6.45) is 1.45. The minimum atomic E-state index is -0.141. The Hall–Kier alpha value is -1.58. The molecular weight excluding hydrogens is 307 g/mol. The summed E-state index contributed by atoms with van der Waals surface area (Å²) in [5.41, 5.74) is 3.47. The first-order chi connectivity index (χ1) is 9.93. The molecule has 0 radical (unpaired) electrons. The van der Waals surface area contributed by atoms with E-state index in [0.29, 0.717) is 12.1 Å². The first kappa shape index (κ1) is 15.8. The largest absolute Gasteiger partial charge is 0.308 e. The molecule has 1 amide bonds. The number of aromatic nitrogens is 1. The van der Waals surface area contributed by atoms with Crippen LogP contribution in [0.1, 0.15) is 28.4 Å². The molecule has 3 nitrogen and oxygen atoms in total. The zero-order chi connectivity index (χ0) is 15.6. The molecule has 21 heavy (non-hydrogen) atoms.